The predicted molar refractivity (Wildman–Crippen MR) is 99.4 cm³/mol. The monoisotopic (exact) mass is 373 g/mol. The van der Waals surface area contributed by atoms with Crippen molar-refractivity contribution in [2.24, 2.45) is 9.50 Å². The van der Waals surface area contributed by atoms with Gasteiger partial charge in [0.25, 0.3) is 10.0 Å². The molecule has 0 fully saturated rings. The molecular weight excluding hydrogens is 354 g/mol. The first-order valence-corrected chi connectivity index (χ1v) is 9.42. The highest BCUT2D eigenvalue weighted by atomic mass is 32.2. The van der Waals surface area contributed by atoms with E-state index in [4.69, 9.17) is 4.74 Å². The van der Waals surface area contributed by atoms with Crippen molar-refractivity contribution in [3.8, 4) is 11.5 Å². The summed E-state index contributed by atoms with van der Waals surface area (Å²) in [6.45, 7) is 3.79. The molecule has 1 aliphatic heterocycles. The molecule has 1 N–H and O–H groups in total. The largest absolute Gasteiger partial charge is 0.504 e. The summed E-state index contributed by atoms with van der Waals surface area (Å²) in [7, 11) is -2.25. The fourth-order valence-electron chi connectivity index (χ4n) is 2.59. The number of aromatic hydroxyl groups is 1. The number of amidine groups is 1. The van der Waals surface area contributed by atoms with E-state index in [1.54, 1.807) is 41.6 Å². The zero-order valence-corrected chi connectivity index (χ0v) is 15.4. The molecule has 3 rings (SSSR count). The summed E-state index contributed by atoms with van der Waals surface area (Å²) in [5, 5.41) is 15.7. The first-order valence-electron chi connectivity index (χ1n) is 7.98. The number of phenolic OH excluding ortho intramolecular Hbond substituents is 1. The van der Waals surface area contributed by atoms with Crippen LogP contribution in [0.4, 0.5) is 0 Å². The molecule has 0 spiro atoms. The SMILES string of the molecule is COc1cc(C=NN(C2=NS(=O)(=O)c3ccccc32)C(C)C)ccc1O. The van der Waals surface area contributed by atoms with Crippen LogP contribution in [0.1, 0.15) is 25.0 Å². The molecule has 136 valence electrons. The van der Waals surface area contributed by atoms with Crippen LogP contribution in [0.5, 0.6) is 11.5 Å². The molecule has 7 nitrogen and oxygen atoms in total. The Hall–Kier alpha value is -2.87. The van der Waals surface area contributed by atoms with Crippen LogP contribution in [-0.4, -0.2) is 43.7 Å². The van der Waals surface area contributed by atoms with Gasteiger partial charge in [0.15, 0.2) is 17.3 Å². The molecule has 0 saturated heterocycles. The molecule has 0 saturated carbocycles. The number of phenols is 1. The highest BCUT2D eigenvalue weighted by Gasteiger charge is 2.32. The van der Waals surface area contributed by atoms with Gasteiger partial charge in [0.1, 0.15) is 4.90 Å². The Morgan fingerprint density at radius 2 is 1.96 bits per heavy atom. The lowest BCUT2D eigenvalue weighted by Gasteiger charge is -2.22. The average molecular weight is 373 g/mol. The number of benzene rings is 2. The second-order valence-corrected chi connectivity index (χ2v) is 7.57. The van der Waals surface area contributed by atoms with Gasteiger partial charge in [0.2, 0.25) is 0 Å². The van der Waals surface area contributed by atoms with Crippen LogP contribution in [0.15, 0.2) is 56.9 Å². The maximum Gasteiger partial charge on any atom is 0.285 e. The van der Waals surface area contributed by atoms with E-state index in [-0.39, 0.29) is 22.5 Å². The third-order valence-electron chi connectivity index (χ3n) is 3.85. The van der Waals surface area contributed by atoms with Gasteiger partial charge in [-0.1, -0.05) is 12.1 Å². The third-order valence-corrected chi connectivity index (χ3v) is 5.18. The van der Waals surface area contributed by atoms with Crippen molar-refractivity contribution in [2.45, 2.75) is 24.8 Å². The molecule has 0 radical (unpaired) electrons. The number of hydrogen-bond donors (Lipinski definition) is 1. The maximum atomic E-state index is 12.3. The minimum absolute atomic E-state index is 0.0329. The van der Waals surface area contributed by atoms with Crippen LogP contribution >= 0.6 is 0 Å². The smallest absolute Gasteiger partial charge is 0.285 e. The van der Waals surface area contributed by atoms with E-state index in [2.05, 4.69) is 9.50 Å². The van der Waals surface area contributed by atoms with Gasteiger partial charge in [-0.25, -0.2) is 5.01 Å². The molecule has 0 amide bonds. The van der Waals surface area contributed by atoms with Gasteiger partial charge in [0, 0.05) is 11.6 Å². The normalized spacial score (nSPS) is 15.2. The summed E-state index contributed by atoms with van der Waals surface area (Å²) in [5.41, 5.74) is 1.22. The number of hydrazone groups is 1. The number of fused-ring (bicyclic) bond motifs is 1. The molecule has 0 aliphatic carbocycles. The molecule has 0 atom stereocenters. The van der Waals surface area contributed by atoms with E-state index in [0.29, 0.717) is 16.9 Å². The summed E-state index contributed by atoms with van der Waals surface area (Å²) in [6.07, 6.45) is 1.57. The van der Waals surface area contributed by atoms with Crippen LogP contribution in [0.2, 0.25) is 0 Å². The number of rotatable bonds is 4. The molecule has 2 aromatic carbocycles. The highest BCUT2D eigenvalue weighted by Crippen LogP contribution is 2.29. The second-order valence-electron chi connectivity index (χ2n) is 6.00. The zero-order valence-electron chi connectivity index (χ0n) is 14.6. The number of ether oxygens (including phenoxy) is 1. The minimum Gasteiger partial charge on any atom is -0.504 e. The van der Waals surface area contributed by atoms with Gasteiger partial charge in [0.05, 0.1) is 13.3 Å². The molecule has 0 unspecified atom stereocenters. The van der Waals surface area contributed by atoms with Crippen molar-refractivity contribution in [1.29, 1.82) is 0 Å². The van der Waals surface area contributed by atoms with Gasteiger partial charge in [-0.05, 0) is 49.7 Å². The van der Waals surface area contributed by atoms with Crippen LogP contribution < -0.4 is 4.74 Å². The molecule has 0 aromatic heterocycles. The molecule has 1 aliphatic rings. The minimum atomic E-state index is -3.71. The van der Waals surface area contributed by atoms with E-state index >= 15 is 0 Å². The summed E-state index contributed by atoms with van der Waals surface area (Å²) < 4.78 is 33.5. The quantitative estimate of drug-likeness (QED) is 0.657. The van der Waals surface area contributed by atoms with Gasteiger partial charge < -0.3 is 9.84 Å². The maximum absolute atomic E-state index is 12.3. The lowest BCUT2D eigenvalue weighted by molar-refractivity contribution is 0.370. The summed E-state index contributed by atoms with van der Waals surface area (Å²) >= 11 is 0. The van der Waals surface area contributed by atoms with Crippen LogP contribution in [0.3, 0.4) is 0 Å². The second kappa shape index (κ2) is 6.80. The Bertz CT molecular complexity index is 997. The van der Waals surface area contributed by atoms with Crippen molar-refractivity contribution in [3.63, 3.8) is 0 Å². The molecule has 1 heterocycles. The lowest BCUT2D eigenvalue weighted by Crippen LogP contribution is -2.32. The van der Waals surface area contributed by atoms with Crippen molar-refractivity contribution in [1.82, 2.24) is 5.01 Å². The van der Waals surface area contributed by atoms with E-state index in [1.807, 2.05) is 13.8 Å². The summed E-state index contributed by atoms with van der Waals surface area (Å²) in [5.74, 6) is 0.652. The fraction of sp³-hybridized carbons (Fsp3) is 0.222. The fourth-order valence-corrected chi connectivity index (χ4v) is 3.79. The Labute approximate surface area is 152 Å². The number of methoxy groups -OCH3 is 1. The van der Waals surface area contributed by atoms with Crippen LogP contribution in [0.25, 0.3) is 0 Å². The topological polar surface area (TPSA) is 91.6 Å². The van der Waals surface area contributed by atoms with Crippen molar-refractivity contribution < 1.29 is 18.3 Å². The summed E-state index contributed by atoms with van der Waals surface area (Å²) in [6, 6.07) is 11.4. The Kier molecular flexibility index (Phi) is 4.69. The number of sulfonamides is 1. The molecule has 2 aromatic rings. The van der Waals surface area contributed by atoms with E-state index in [9.17, 15) is 13.5 Å². The lowest BCUT2D eigenvalue weighted by atomic mass is 10.2. The van der Waals surface area contributed by atoms with E-state index in [1.165, 1.54) is 19.2 Å². The van der Waals surface area contributed by atoms with Crippen LogP contribution in [-0.2, 0) is 10.0 Å². The van der Waals surface area contributed by atoms with Gasteiger partial charge in [-0.15, -0.1) is 4.40 Å². The highest BCUT2D eigenvalue weighted by molar-refractivity contribution is 7.90. The van der Waals surface area contributed by atoms with Crippen molar-refractivity contribution in [3.05, 3.63) is 53.6 Å². The van der Waals surface area contributed by atoms with Gasteiger partial charge >= 0.3 is 0 Å². The number of nitrogens with zero attached hydrogens (tertiary/aromatic N) is 3. The standard InChI is InChI=1S/C18H19N3O4S/c1-12(2)21(19-11-13-8-9-15(22)16(10-13)25-3)18-14-6-4-5-7-17(14)26(23,24)20-18/h4-12,22H,1-3H3. The first-order chi connectivity index (χ1) is 12.3. The third kappa shape index (κ3) is 3.28. The Morgan fingerprint density at radius 1 is 1.23 bits per heavy atom. The van der Waals surface area contributed by atoms with Crippen molar-refractivity contribution >= 4 is 22.1 Å². The Balaban J connectivity index is 1.99. The van der Waals surface area contributed by atoms with Crippen molar-refractivity contribution in [2.75, 3.05) is 7.11 Å². The van der Waals surface area contributed by atoms with Crippen LogP contribution in [0, 0.1) is 0 Å². The van der Waals surface area contributed by atoms with Gasteiger partial charge in [-0.2, -0.15) is 13.5 Å². The molecule has 8 heteroatoms. The first kappa shape index (κ1) is 17.9. The molecule has 26 heavy (non-hydrogen) atoms. The van der Waals surface area contributed by atoms with E-state index < -0.39 is 10.0 Å². The predicted octanol–water partition coefficient (Wildman–Crippen LogP) is 2.59. The molecular formula is C18H19N3O4S. The van der Waals surface area contributed by atoms with E-state index in [0.717, 1.165) is 0 Å². The van der Waals surface area contributed by atoms with Gasteiger partial charge in [-0.3, -0.25) is 0 Å². The number of hydrogen-bond acceptors (Lipinski definition) is 6. The average Bonchev–Trinajstić information content (AvgIpc) is 2.88. The molecule has 0 bridgehead atoms. The summed E-state index contributed by atoms with van der Waals surface area (Å²) in [4.78, 5) is 0.183. The Morgan fingerprint density at radius 3 is 2.65 bits per heavy atom. The zero-order chi connectivity index (χ0) is 18.9.